The molecule has 1 aliphatic heterocycles. The van der Waals surface area contributed by atoms with Crippen LogP contribution in [0.25, 0.3) is 10.8 Å². The van der Waals surface area contributed by atoms with Crippen molar-refractivity contribution < 1.29 is 4.79 Å². The van der Waals surface area contributed by atoms with Gasteiger partial charge in [-0.1, -0.05) is 66.2 Å². The van der Waals surface area contributed by atoms with E-state index in [0.29, 0.717) is 5.75 Å². The Labute approximate surface area is 193 Å². The Morgan fingerprint density at radius 1 is 1.00 bits per heavy atom. The molecular weight excluding hydrogens is 426 g/mol. The largest absolute Gasteiger partial charge is 0.347 e. The second kappa shape index (κ2) is 10.5. The van der Waals surface area contributed by atoms with E-state index in [-0.39, 0.29) is 11.9 Å². The van der Waals surface area contributed by atoms with Crippen molar-refractivity contribution in [1.82, 2.24) is 15.1 Å². The highest BCUT2D eigenvalue weighted by Gasteiger charge is 2.21. The number of nitrogens with one attached hydrogen (secondary N) is 1. The van der Waals surface area contributed by atoms with Crippen LogP contribution in [0.4, 0.5) is 0 Å². The van der Waals surface area contributed by atoms with Crippen molar-refractivity contribution in [2.45, 2.75) is 10.9 Å². The zero-order valence-corrected chi connectivity index (χ0v) is 19.3. The Morgan fingerprint density at radius 2 is 1.71 bits per heavy atom. The summed E-state index contributed by atoms with van der Waals surface area (Å²) in [6.07, 6.45) is 0. The van der Waals surface area contributed by atoms with Gasteiger partial charge in [0.1, 0.15) is 0 Å². The fourth-order valence-corrected chi connectivity index (χ4v) is 5.23. The summed E-state index contributed by atoms with van der Waals surface area (Å²) < 4.78 is 0. The lowest BCUT2D eigenvalue weighted by atomic mass is 10.1. The summed E-state index contributed by atoms with van der Waals surface area (Å²) >= 11 is 7.98. The predicted octanol–water partition coefficient (Wildman–Crippen LogP) is 4.69. The molecule has 31 heavy (non-hydrogen) atoms. The van der Waals surface area contributed by atoms with E-state index in [1.807, 2.05) is 54.6 Å². The first kappa shape index (κ1) is 22.2. The average Bonchev–Trinajstić information content (AvgIpc) is 2.79. The minimum Gasteiger partial charge on any atom is -0.347 e. The maximum atomic E-state index is 12.9. The number of likely N-dealkylation sites (N-methyl/N-ethyl adjacent to an activating group) is 1. The molecular formula is C25H28ClN3OS. The molecule has 1 amide bonds. The third-order valence-corrected chi connectivity index (χ3v) is 7.12. The van der Waals surface area contributed by atoms with E-state index in [2.05, 4.69) is 34.3 Å². The summed E-state index contributed by atoms with van der Waals surface area (Å²) in [5.41, 5.74) is 1.15. The number of fused-ring (bicyclic) bond motifs is 1. The minimum absolute atomic E-state index is 0.0196. The molecule has 0 aliphatic carbocycles. The van der Waals surface area contributed by atoms with Crippen molar-refractivity contribution in [2.24, 2.45) is 0 Å². The number of benzene rings is 3. The summed E-state index contributed by atoms with van der Waals surface area (Å²) in [4.78, 5) is 18.7. The monoisotopic (exact) mass is 453 g/mol. The molecule has 0 aromatic heterocycles. The molecule has 6 heteroatoms. The number of nitrogens with zero attached hydrogens (tertiary/aromatic N) is 2. The van der Waals surface area contributed by atoms with Gasteiger partial charge >= 0.3 is 0 Å². The third kappa shape index (κ3) is 5.80. The summed E-state index contributed by atoms with van der Waals surface area (Å²) in [5, 5.41) is 6.11. The van der Waals surface area contributed by atoms with Crippen LogP contribution in [0.1, 0.15) is 11.6 Å². The number of thioether (sulfide) groups is 1. The maximum absolute atomic E-state index is 12.9. The minimum atomic E-state index is -0.0196. The molecule has 1 unspecified atom stereocenters. The lowest BCUT2D eigenvalue weighted by molar-refractivity contribution is -0.119. The van der Waals surface area contributed by atoms with E-state index in [9.17, 15) is 4.79 Å². The molecule has 0 spiro atoms. The average molecular weight is 454 g/mol. The van der Waals surface area contributed by atoms with Gasteiger partial charge in [-0.2, -0.15) is 0 Å². The molecule has 1 N–H and O–H groups in total. The molecule has 1 heterocycles. The highest BCUT2D eigenvalue weighted by molar-refractivity contribution is 8.00. The quantitative estimate of drug-likeness (QED) is 0.526. The lowest BCUT2D eigenvalue weighted by Gasteiger charge is -2.35. The van der Waals surface area contributed by atoms with Gasteiger partial charge in [-0.15, -0.1) is 11.8 Å². The normalized spacial score (nSPS) is 16.3. The van der Waals surface area contributed by atoms with Gasteiger partial charge in [0, 0.05) is 48.0 Å². The number of piperazine rings is 1. The van der Waals surface area contributed by atoms with E-state index in [4.69, 9.17) is 11.6 Å². The molecule has 3 aromatic carbocycles. The van der Waals surface area contributed by atoms with Crippen molar-refractivity contribution in [1.29, 1.82) is 0 Å². The van der Waals surface area contributed by atoms with Crippen molar-refractivity contribution in [3.05, 3.63) is 77.3 Å². The van der Waals surface area contributed by atoms with Crippen LogP contribution in [0, 0.1) is 0 Å². The smallest absolute Gasteiger partial charge is 0.230 e. The first-order valence-electron chi connectivity index (χ1n) is 10.7. The van der Waals surface area contributed by atoms with Crippen molar-refractivity contribution >= 4 is 40.0 Å². The highest BCUT2D eigenvalue weighted by atomic mass is 35.5. The van der Waals surface area contributed by atoms with Crippen LogP contribution in [0.3, 0.4) is 0 Å². The molecule has 4 rings (SSSR count). The van der Waals surface area contributed by atoms with Crippen LogP contribution < -0.4 is 5.32 Å². The van der Waals surface area contributed by atoms with Crippen molar-refractivity contribution in [3.8, 4) is 0 Å². The molecule has 1 aliphatic rings. The first-order valence-corrected chi connectivity index (χ1v) is 12.0. The fourth-order valence-electron chi connectivity index (χ4n) is 3.97. The Morgan fingerprint density at radius 3 is 2.45 bits per heavy atom. The second-order valence-corrected chi connectivity index (χ2v) is 9.44. The number of rotatable bonds is 7. The summed E-state index contributed by atoms with van der Waals surface area (Å²) in [6, 6.07) is 22.2. The maximum Gasteiger partial charge on any atom is 0.230 e. The number of carbonyl (C=O) groups is 1. The van der Waals surface area contributed by atoms with Gasteiger partial charge in [0.25, 0.3) is 0 Å². The van der Waals surface area contributed by atoms with Crippen LogP contribution in [-0.4, -0.2) is 61.2 Å². The molecule has 3 aromatic rings. The third-order valence-electron chi connectivity index (χ3n) is 5.75. The molecule has 0 bridgehead atoms. The number of hydrogen-bond donors (Lipinski definition) is 1. The van der Waals surface area contributed by atoms with Crippen LogP contribution >= 0.6 is 23.4 Å². The zero-order valence-electron chi connectivity index (χ0n) is 17.8. The molecule has 1 atom stereocenters. The van der Waals surface area contributed by atoms with E-state index >= 15 is 0 Å². The van der Waals surface area contributed by atoms with Crippen LogP contribution in [-0.2, 0) is 4.79 Å². The molecule has 1 saturated heterocycles. The van der Waals surface area contributed by atoms with Gasteiger partial charge in [0.2, 0.25) is 5.91 Å². The Bertz CT molecular complexity index is 1020. The number of carbonyl (C=O) groups excluding carboxylic acids is 1. The predicted molar refractivity (Wildman–Crippen MR) is 131 cm³/mol. The van der Waals surface area contributed by atoms with E-state index in [1.54, 1.807) is 0 Å². The van der Waals surface area contributed by atoms with Crippen molar-refractivity contribution in [2.75, 3.05) is 45.5 Å². The molecule has 162 valence electrons. The van der Waals surface area contributed by atoms with Gasteiger partial charge in [0.15, 0.2) is 0 Å². The van der Waals surface area contributed by atoms with Gasteiger partial charge in [0.05, 0.1) is 11.8 Å². The Balaban J connectivity index is 1.43. The van der Waals surface area contributed by atoms with Gasteiger partial charge in [-0.3, -0.25) is 9.69 Å². The van der Waals surface area contributed by atoms with Crippen molar-refractivity contribution in [3.63, 3.8) is 0 Å². The van der Waals surface area contributed by atoms with E-state index < -0.39 is 0 Å². The van der Waals surface area contributed by atoms with Gasteiger partial charge < -0.3 is 10.2 Å². The van der Waals surface area contributed by atoms with E-state index in [0.717, 1.165) is 59.0 Å². The van der Waals surface area contributed by atoms with Crippen LogP contribution in [0.15, 0.2) is 71.6 Å². The second-order valence-electron chi connectivity index (χ2n) is 8.02. The summed E-state index contributed by atoms with van der Waals surface area (Å²) in [5.74, 6) is 0.396. The van der Waals surface area contributed by atoms with Gasteiger partial charge in [-0.05, 0) is 30.1 Å². The Kier molecular flexibility index (Phi) is 7.51. The number of hydrogen-bond acceptors (Lipinski definition) is 4. The molecule has 0 saturated carbocycles. The first-order chi connectivity index (χ1) is 15.1. The molecule has 4 nitrogen and oxygen atoms in total. The topological polar surface area (TPSA) is 35.6 Å². The fraction of sp³-hybridized carbons (Fsp3) is 0.320. The lowest BCUT2D eigenvalue weighted by Crippen LogP contribution is -2.48. The SMILES string of the molecule is CN1CCN(CC(NC(=O)CSc2cccc3cccc(Cl)c23)c2ccccc2)CC1. The zero-order chi connectivity index (χ0) is 21.6. The molecule has 1 fully saturated rings. The molecule has 0 radical (unpaired) electrons. The highest BCUT2D eigenvalue weighted by Crippen LogP contribution is 2.33. The van der Waals surface area contributed by atoms with Gasteiger partial charge in [-0.25, -0.2) is 0 Å². The standard InChI is InChI=1S/C25H28ClN3OS/c1-28-13-15-29(16-14-28)17-22(19-7-3-2-4-8-19)27-24(30)18-31-23-12-6-10-20-9-5-11-21(26)25(20)23/h2-12,22H,13-18H2,1H3,(H,27,30). The van der Waals surface area contributed by atoms with E-state index in [1.165, 1.54) is 11.8 Å². The number of amides is 1. The van der Waals surface area contributed by atoms with Crippen LogP contribution in [0.5, 0.6) is 0 Å². The summed E-state index contributed by atoms with van der Waals surface area (Å²) in [7, 11) is 2.16. The summed E-state index contributed by atoms with van der Waals surface area (Å²) in [6.45, 7) is 5.01. The Hall–Kier alpha value is -2.05. The van der Waals surface area contributed by atoms with Crippen LogP contribution in [0.2, 0.25) is 5.02 Å². The number of halogens is 1.